The van der Waals surface area contributed by atoms with Crippen molar-refractivity contribution in [3.63, 3.8) is 0 Å². The molecule has 3 aliphatic heterocycles. The number of benzene rings is 8. The van der Waals surface area contributed by atoms with Gasteiger partial charge in [-0.1, -0.05) is 163 Å². The topological polar surface area (TPSA) is 12.5 Å². The number of fused-ring (bicyclic) bond motifs is 10. The molecule has 4 heteroatoms. The lowest BCUT2D eigenvalue weighted by atomic mass is 9.64. The van der Waals surface area contributed by atoms with Crippen LogP contribution in [0.2, 0.25) is 0 Å². The van der Waals surface area contributed by atoms with Crippen LogP contribution in [0.1, 0.15) is 22.3 Å². The first-order valence-electron chi connectivity index (χ1n) is 18.2. The molecule has 11 rings (SSSR count). The highest BCUT2D eigenvalue weighted by molar-refractivity contribution is 7.99. The largest absolute Gasteiger partial charge is 0.453 e. The molecule has 0 radical (unpaired) electrons. The summed E-state index contributed by atoms with van der Waals surface area (Å²) in [4.78, 5) is 4.99. The Balaban J connectivity index is 1.33. The zero-order valence-corrected chi connectivity index (χ0v) is 30.6. The van der Waals surface area contributed by atoms with Gasteiger partial charge >= 0.3 is 0 Å². The molecule has 2 nitrogen and oxygen atoms in total. The third kappa shape index (κ3) is 4.16. The molecule has 3 heterocycles. The van der Waals surface area contributed by atoms with Crippen molar-refractivity contribution in [2.24, 2.45) is 0 Å². The van der Waals surface area contributed by atoms with E-state index in [0.29, 0.717) is 0 Å². The average molecular weight is 712 g/mol. The van der Waals surface area contributed by atoms with Crippen molar-refractivity contribution in [2.75, 3.05) is 4.90 Å². The second-order valence-corrected chi connectivity index (χ2v) is 18.8. The first-order chi connectivity index (χ1) is 26.3. The van der Waals surface area contributed by atoms with E-state index in [2.05, 4.69) is 205 Å². The van der Waals surface area contributed by atoms with E-state index in [1.54, 1.807) is 0 Å². The summed E-state index contributed by atoms with van der Waals surface area (Å²) in [6, 6.07) is 74.5. The van der Waals surface area contributed by atoms with E-state index in [0.717, 1.165) is 28.6 Å². The molecule has 250 valence electrons. The molecule has 0 saturated carbocycles. The van der Waals surface area contributed by atoms with Gasteiger partial charge in [0.05, 0.1) is 16.8 Å². The highest BCUT2D eigenvalue weighted by Crippen LogP contribution is 2.58. The highest BCUT2D eigenvalue weighted by atomic mass is 32.2. The molecule has 8 aromatic rings. The Morgan fingerprint density at radius 3 is 1.49 bits per heavy atom. The number of ether oxygens (including phenoxy) is 1. The van der Waals surface area contributed by atoms with Crippen LogP contribution in [0.15, 0.2) is 210 Å². The molecular weight excluding hydrogens is 679 g/mol. The van der Waals surface area contributed by atoms with Gasteiger partial charge in [-0.3, -0.25) is 0 Å². The smallest absolute Gasteiger partial charge is 0.180 e. The summed E-state index contributed by atoms with van der Waals surface area (Å²) < 4.78 is 6.50. The Kier molecular flexibility index (Phi) is 6.76. The number of nitrogens with zero attached hydrogens (tertiary/aromatic N) is 1. The SMILES string of the molecule is c1ccc([Si]2(c3ccccc3)c3ccccc3C3(c4ccccc4Sc4ccccc43)c3cc(N4c5ccccc5Oc5ccccc54)ccc32)cc1. The van der Waals surface area contributed by atoms with E-state index >= 15 is 0 Å². The summed E-state index contributed by atoms with van der Waals surface area (Å²) in [5, 5.41) is 5.63. The molecule has 3 aliphatic rings. The van der Waals surface area contributed by atoms with Gasteiger partial charge in [0.2, 0.25) is 0 Å². The van der Waals surface area contributed by atoms with Crippen LogP contribution < -0.4 is 30.4 Å². The third-order valence-electron chi connectivity index (χ3n) is 11.5. The fourth-order valence-corrected chi connectivity index (χ4v) is 15.9. The predicted molar refractivity (Wildman–Crippen MR) is 221 cm³/mol. The molecule has 0 bridgehead atoms. The van der Waals surface area contributed by atoms with Gasteiger partial charge in [-0.05, 0) is 91.5 Å². The van der Waals surface area contributed by atoms with E-state index in [1.807, 2.05) is 11.8 Å². The molecule has 8 aromatic carbocycles. The molecule has 53 heavy (non-hydrogen) atoms. The molecule has 0 aromatic heterocycles. The van der Waals surface area contributed by atoms with Crippen molar-refractivity contribution in [1.82, 2.24) is 0 Å². The predicted octanol–water partition coefficient (Wildman–Crippen LogP) is 9.80. The quantitative estimate of drug-likeness (QED) is 0.169. The third-order valence-corrected chi connectivity index (χ3v) is 17.5. The van der Waals surface area contributed by atoms with Gasteiger partial charge in [-0.2, -0.15) is 0 Å². The molecule has 0 amide bonds. The lowest BCUT2D eigenvalue weighted by Gasteiger charge is -2.52. The van der Waals surface area contributed by atoms with Gasteiger partial charge < -0.3 is 9.64 Å². The average Bonchev–Trinajstić information content (AvgIpc) is 3.23. The van der Waals surface area contributed by atoms with Crippen LogP contribution in [0.25, 0.3) is 0 Å². The van der Waals surface area contributed by atoms with Gasteiger partial charge in [0.1, 0.15) is 0 Å². The van der Waals surface area contributed by atoms with Crippen LogP contribution >= 0.6 is 11.8 Å². The van der Waals surface area contributed by atoms with Crippen LogP contribution in [0.3, 0.4) is 0 Å². The Bertz CT molecular complexity index is 2580. The van der Waals surface area contributed by atoms with Crippen LogP contribution in [0.4, 0.5) is 17.1 Å². The standard InChI is InChI=1S/C49H33NOSSi/c1-3-17-35(18-4-1)53(36-19-5-2-6-20-36)47-30-16-9-23-39(47)49(37-21-7-14-28-45(37)52-46-29-15-8-22-38(46)49)40-33-34(31-32-48(40)53)50-41-24-10-12-26-43(41)51-44-27-13-11-25-42(44)50/h1-33H. The normalized spacial score (nSPS) is 15.1. The minimum absolute atomic E-state index is 0.564. The monoisotopic (exact) mass is 711 g/mol. The molecule has 0 fully saturated rings. The second-order valence-electron chi connectivity index (χ2n) is 14.0. The molecule has 0 unspecified atom stereocenters. The molecule has 1 spiro atoms. The van der Waals surface area contributed by atoms with Crippen molar-refractivity contribution in [1.29, 1.82) is 0 Å². The second kappa shape index (κ2) is 11.7. The Hall–Kier alpha value is -6.07. The Morgan fingerprint density at radius 2 is 0.887 bits per heavy atom. The van der Waals surface area contributed by atoms with Crippen molar-refractivity contribution in [2.45, 2.75) is 15.2 Å². The maximum Gasteiger partial charge on any atom is 0.180 e. The van der Waals surface area contributed by atoms with E-state index < -0.39 is 13.5 Å². The summed E-state index contributed by atoms with van der Waals surface area (Å²) in [5.41, 5.74) is 8.00. The number of rotatable bonds is 3. The van der Waals surface area contributed by atoms with E-state index in [1.165, 1.54) is 52.8 Å². The van der Waals surface area contributed by atoms with E-state index in [9.17, 15) is 0 Å². The van der Waals surface area contributed by atoms with Crippen LogP contribution in [0, 0.1) is 0 Å². The van der Waals surface area contributed by atoms with E-state index in [4.69, 9.17) is 4.74 Å². The van der Waals surface area contributed by atoms with Gasteiger partial charge in [0.25, 0.3) is 0 Å². The lowest BCUT2D eigenvalue weighted by molar-refractivity contribution is 0.477. The van der Waals surface area contributed by atoms with Gasteiger partial charge in [0, 0.05) is 15.5 Å². The molecule has 0 atom stereocenters. The zero-order chi connectivity index (χ0) is 35.0. The number of hydrogen-bond donors (Lipinski definition) is 0. The first-order valence-corrected chi connectivity index (χ1v) is 21.0. The maximum absolute atomic E-state index is 6.50. The number of hydrogen-bond acceptors (Lipinski definition) is 3. The van der Waals surface area contributed by atoms with Crippen LogP contribution in [-0.2, 0) is 5.41 Å². The van der Waals surface area contributed by atoms with Gasteiger partial charge in [-0.15, -0.1) is 0 Å². The molecule has 0 aliphatic carbocycles. The zero-order valence-electron chi connectivity index (χ0n) is 28.8. The summed E-state index contributed by atoms with van der Waals surface area (Å²) in [5.74, 6) is 1.71. The molecule has 0 N–H and O–H groups in total. The lowest BCUT2D eigenvalue weighted by Crippen LogP contribution is -2.79. The summed E-state index contributed by atoms with van der Waals surface area (Å²) in [6.45, 7) is 0. The first kappa shape index (κ1) is 30.5. The summed E-state index contributed by atoms with van der Waals surface area (Å²) in [6.07, 6.45) is 0. The van der Waals surface area contributed by atoms with Crippen molar-refractivity contribution in [3.8, 4) is 11.5 Å². The fourth-order valence-electron chi connectivity index (χ4n) is 9.46. The minimum Gasteiger partial charge on any atom is -0.453 e. The molecule has 0 saturated heterocycles. The number of anilines is 3. The Labute approximate surface area is 315 Å². The highest BCUT2D eigenvalue weighted by Gasteiger charge is 2.57. The van der Waals surface area contributed by atoms with E-state index in [-0.39, 0.29) is 0 Å². The van der Waals surface area contributed by atoms with Crippen LogP contribution in [-0.4, -0.2) is 8.07 Å². The number of para-hydroxylation sites is 4. The van der Waals surface area contributed by atoms with Crippen molar-refractivity contribution in [3.05, 3.63) is 222 Å². The van der Waals surface area contributed by atoms with Crippen molar-refractivity contribution >= 4 is 57.6 Å². The summed E-state index contributed by atoms with van der Waals surface area (Å²) >= 11 is 1.89. The Morgan fingerprint density at radius 1 is 0.415 bits per heavy atom. The van der Waals surface area contributed by atoms with Gasteiger partial charge in [0.15, 0.2) is 19.6 Å². The minimum atomic E-state index is -2.89. The summed E-state index contributed by atoms with van der Waals surface area (Å²) in [7, 11) is -2.89. The fraction of sp³-hybridized carbons (Fsp3) is 0.0204. The van der Waals surface area contributed by atoms with Crippen LogP contribution in [0.5, 0.6) is 11.5 Å². The van der Waals surface area contributed by atoms with Gasteiger partial charge in [-0.25, -0.2) is 0 Å². The maximum atomic E-state index is 6.50. The van der Waals surface area contributed by atoms with Crippen molar-refractivity contribution < 1.29 is 4.74 Å². The molecular formula is C49H33NOSSi.